The van der Waals surface area contributed by atoms with Gasteiger partial charge < -0.3 is 14.2 Å². The fourth-order valence-electron chi connectivity index (χ4n) is 5.44. The molecular weight excluding hydrogens is 436 g/mol. The van der Waals surface area contributed by atoms with Crippen molar-refractivity contribution in [2.24, 2.45) is 10.4 Å². The Balaban J connectivity index is 1.58. The third-order valence-corrected chi connectivity index (χ3v) is 7.79. The number of morpholine rings is 1. The first-order valence-corrected chi connectivity index (χ1v) is 11.8. The maximum atomic E-state index is 6.99. The average molecular weight is 459 g/mol. The van der Waals surface area contributed by atoms with Crippen LogP contribution in [0.2, 0.25) is 5.02 Å². The molecule has 1 fully saturated rings. The van der Waals surface area contributed by atoms with Crippen molar-refractivity contribution >= 4 is 45.9 Å². The highest BCUT2D eigenvalue weighted by molar-refractivity contribution is 7.13. The molecule has 6 heterocycles. The summed E-state index contributed by atoms with van der Waals surface area (Å²) < 4.78 is 12.0. The van der Waals surface area contributed by atoms with Gasteiger partial charge in [-0.3, -0.25) is 10.3 Å². The monoisotopic (exact) mass is 458 g/mol. The van der Waals surface area contributed by atoms with Crippen LogP contribution < -0.4 is 10.2 Å². The van der Waals surface area contributed by atoms with Gasteiger partial charge in [0.05, 0.1) is 36.3 Å². The van der Waals surface area contributed by atoms with E-state index in [-0.39, 0.29) is 23.7 Å². The lowest BCUT2D eigenvalue weighted by atomic mass is 9.70. The number of nitrogens with zero attached hydrogens (tertiary/aromatic N) is 5. The Hall–Kier alpha value is -2.07. The van der Waals surface area contributed by atoms with Crippen LogP contribution in [0.25, 0.3) is 21.8 Å². The fourth-order valence-corrected chi connectivity index (χ4v) is 6.56. The number of halogens is 1. The van der Waals surface area contributed by atoms with E-state index in [0.29, 0.717) is 28.5 Å². The highest BCUT2D eigenvalue weighted by Crippen LogP contribution is 2.49. The summed E-state index contributed by atoms with van der Waals surface area (Å²) in [4.78, 5) is 16.6. The fraction of sp³-hybridized carbons (Fsp3) is 0.524. The van der Waals surface area contributed by atoms with Crippen LogP contribution in [-0.4, -0.2) is 59.3 Å². The summed E-state index contributed by atoms with van der Waals surface area (Å²) in [6, 6.07) is 0.105. The van der Waals surface area contributed by atoms with Crippen molar-refractivity contribution in [3.05, 3.63) is 21.8 Å². The minimum absolute atomic E-state index is 0.0265. The number of anilines is 1. The van der Waals surface area contributed by atoms with E-state index in [0.717, 1.165) is 41.6 Å². The highest BCUT2D eigenvalue weighted by atomic mass is 35.5. The van der Waals surface area contributed by atoms with E-state index in [1.54, 1.807) is 0 Å². The Morgan fingerprint density at radius 3 is 2.94 bits per heavy atom. The van der Waals surface area contributed by atoms with Gasteiger partial charge in [-0.2, -0.15) is 0 Å². The number of thiazole rings is 1. The zero-order valence-electron chi connectivity index (χ0n) is 17.6. The van der Waals surface area contributed by atoms with Gasteiger partial charge in [0.25, 0.3) is 0 Å². The van der Waals surface area contributed by atoms with Gasteiger partial charge in [0.15, 0.2) is 5.69 Å². The molecule has 6 rings (SSSR count). The van der Waals surface area contributed by atoms with E-state index in [9.17, 15) is 0 Å². The number of rotatable bonds is 1. The number of aliphatic imine (C=N–C) groups is 1. The van der Waals surface area contributed by atoms with Crippen molar-refractivity contribution in [3.8, 4) is 10.7 Å². The van der Waals surface area contributed by atoms with E-state index in [4.69, 9.17) is 25.8 Å². The largest absolute Gasteiger partial charge is 0.372 e. The van der Waals surface area contributed by atoms with Crippen LogP contribution in [0.15, 0.2) is 14.9 Å². The van der Waals surface area contributed by atoms with E-state index in [2.05, 4.69) is 45.4 Å². The Morgan fingerprint density at radius 2 is 2.19 bits per heavy atom. The van der Waals surface area contributed by atoms with Gasteiger partial charge >= 0.3 is 0 Å². The predicted octanol–water partition coefficient (Wildman–Crippen LogP) is 3.46. The highest BCUT2D eigenvalue weighted by Gasteiger charge is 2.53. The lowest BCUT2D eigenvalue weighted by molar-refractivity contribution is -0.0522. The number of fused-ring (bicyclic) bond motifs is 5. The molecule has 0 aromatic carbocycles. The first-order chi connectivity index (χ1) is 15.0. The van der Waals surface area contributed by atoms with Gasteiger partial charge in [0, 0.05) is 42.2 Å². The predicted molar refractivity (Wildman–Crippen MR) is 121 cm³/mol. The van der Waals surface area contributed by atoms with Gasteiger partial charge in [-0.15, -0.1) is 11.3 Å². The van der Waals surface area contributed by atoms with Crippen molar-refractivity contribution in [3.63, 3.8) is 0 Å². The molecule has 8 nitrogen and oxygen atoms in total. The number of hydrogen-bond acceptors (Lipinski definition) is 9. The van der Waals surface area contributed by atoms with Crippen LogP contribution >= 0.6 is 22.9 Å². The summed E-state index contributed by atoms with van der Waals surface area (Å²) in [6.07, 6.45) is 2.94. The van der Waals surface area contributed by atoms with E-state index >= 15 is 0 Å². The second kappa shape index (κ2) is 6.96. The molecule has 1 N–H and O–H groups in total. The molecule has 31 heavy (non-hydrogen) atoms. The minimum Gasteiger partial charge on any atom is -0.372 e. The number of aryl methyl sites for hydroxylation is 1. The summed E-state index contributed by atoms with van der Waals surface area (Å²) in [5, 5.41) is 11.1. The SMILES string of the molecule is Cc1csc(-c2noc3c(Cl)c4c(nc23)CC2(C=NCNC2)[C@H]2[C@H](C)O[C@H](C)CN42)n1. The van der Waals surface area contributed by atoms with E-state index < -0.39 is 0 Å². The van der Waals surface area contributed by atoms with Crippen LogP contribution in [0.3, 0.4) is 0 Å². The van der Waals surface area contributed by atoms with Crippen LogP contribution in [0.5, 0.6) is 0 Å². The first-order valence-electron chi connectivity index (χ1n) is 10.5. The smallest absolute Gasteiger partial charge is 0.206 e. The quantitative estimate of drug-likeness (QED) is 0.597. The number of pyridine rings is 1. The van der Waals surface area contributed by atoms with E-state index in [1.165, 1.54) is 11.3 Å². The number of aromatic nitrogens is 3. The van der Waals surface area contributed by atoms with Gasteiger partial charge in [0.2, 0.25) is 5.58 Å². The number of ether oxygens (including phenoxy) is 1. The zero-order valence-corrected chi connectivity index (χ0v) is 19.1. The van der Waals surface area contributed by atoms with Crippen LogP contribution in [0, 0.1) is 12.3 Å². The van der Waals surface area contributed by atoms with Crippen LogP contribution in [0.1, 0.15) is 25.2 Å². The van der Waals surface area contributed by atoms with Crippen molar-refractivity contribution in [1.82, 2.24) is 20.4 Å². The maximum absolute atomic E-state index is 6.99. The Bertz CT molecular complexity index is 1210. The Labute approximate surface area is 188 Å². The molecule has 0 bridgehead atoms. The molecule has 1 spiro atoms. The van der Waals surface area contributed by atoms with E-state index in [1.807, 2.05) is 12.3 Å². The van der Waals surface area contributed by atoms with Crippen molar-refractivity contribution < 1.29 is 9.26 Å². The molecule has 1 saturated heterocycles. The molecule has 10 heteroatoms. The molecule has 162 valence electrons. The Kier molecular flexibility index (Phi) is 4.40. The average Bonchev–Trinajstić information content (AvgIpc) is 3.34. The molecule has 3 aliphatic rings. The second-order valence-electron chi connectivity index (χ2n) is 8.78. The lowest BCUT2D eigenvalue weighted by Gasteiger charge is -2.55. The molecule has 0 aliphatic carbocycles. The second-order valence-corrected chi connectivity index (χ2v) is 10.0. The summed E-state index contributed by atoms with van der Waals surface area (Å²) in [5.41, 5.74) is 4.44. The molecule has 1 unspecified atom stereocenters. The summed E-state index contributed by atoms with van der Waals surface area (Å²) in [6.45, 7) is 8.39. The summed E-state index contributed by atoms with van der Waals surface area (Å²) in [7, 11) is 0. The molecule has 3 aromatic heterocycles. The number of hydrogen-bond donors (Lipinski definition) is 1. The third-order valence-electron chi connectivity index (χ3n) is 6.48. The molecule has 3 aliphatic heterocycles. The van der Waals surface area contributed by atoms with Crippen LogP contribution in [0.4, 0.5) is 5.69 Å². The normalized spacial score (nSPS) is 30.1. The number of nitrogens with one attached hydrogen (secondary N) is 1. The van der Waals surface area contributed by atoms with Gasteiger partial charge in [-0.05, 0) is 20.8 Å². The zero-order chi connectivity index (χ0) is 21.3. The van der Waals surface area contributed by atoms with Crippen molar-refractivity contribution in [1.29, 1.82) is 0 Å². The molecule has 3 aromatic rings. The molecule has 4 atom stereocenters. The maximum Gasteiger partial charge on any atom is 0.206 e. The summed E-state index contributed by atoms with van der Waals surface area (Å²) in [5.74, 6) is 0. The Morgan fingerprint density at radius 1 is 1.32 bits per heavy atom. The van der Waals surface area contributed by atoms with Gasteiger partial charge in [-0.1, -0.05) is 16.8 Å². The molecule has 0 radical (unpaired) electrons. The summed E-state index contributed by atoms with van der Waals surface area (Å²) >= 11 is 8.52. The molecule has 0 saturated carbocycles. The van der Waals surface area contributed by atoms with Crippen molar-refractivity contribution in [2.75, 3.05) is 24.7 Å². The topological polar surface area (TPSA) is 88.7 Å². The molecule has 0 amide bonds. The molecular formula is C21H23ClN6O2S. The standard InChI is InChI=1S/C21H23ClN6O2S/c1-10-6-31-20(25-10)16-15-18(30-27-16)14(22)17-13(26-15)4-21(7-23-9-24-8-21)19-12(3)29-11(2)5-28(17)19/h6-7,11-12,19,24H,4-5,8-9H2,1-3H3/t11-,12+,19-,21?/m1/s1. The van der Waals surface area contributed by atoms with Crippen molar-refractivity contribution in [2.45, 2.75) is 45.4 Å². The third kappa shape index (κ3) is 2.87. The van der Waals surface area contributed by atoms with Crippen LogP contribution in [-0.2, 0) is 11.2 Å². The van der Waals surface area contributed by atoms with Gasteiger partial charge in [-0.25, -0.2) is 9.97 Å². The first kappa shape index (κ1) is 19.6. The van der Waals surface area contributed by atoms with Gasteiger partial charge in [0.1, 0.15) is 15.5 Å². The minimum atomic E-state index is -0.218. The lowest BCUT2D eigenvalue weighted by Crippen LogP contribution is -2.67.